The first-order chi connectivity index (χ1) is 13.6. The quantitative estimate of drug-likeness (QED) is 0.716. The average molecular weight is 382 g/mol. The predicted molar refractivity (Wildman–Crippen MR) is 102 cm³/mol. The standard InChI is InChI=1S/C20H22N4O4/c1-2-17(25)16-7-14-10-23(3-4-24(14)22-16)9-13-5-12-6-18-19(28-11-27-18)8-15(12)21-20(13)26/h5-8,17,25H,2-4,9-11H2,1H3,(H,21,26)/t17-/m1/s1. The number of nitrogens with zero attached hydrogens (tertiary/aromatic N) is 3. The van der Waals surface area contributed by atoms with Crippen molar-refractivity contribution in [2.45, 2.75) is 39.1 Å². The molecule has 2 aliphatic heterocycles. The Balaban J connectivity index is 1.39. The molecule has 0 radical (unpaired) electrons. The second-order valence-electron chi connectivity index (χ2n) is 7.33. The van der Waals surface area contributed by atoms with Gasteiger partial charge < -0.3 is 19.6 Å². The van der Waals surface area contributed by atoms with Gasteiger partial charge in [0.2, 0.25) is 6.79 Å². The van der Waals surface area contributed by atoms with Crippen molar-refractivity contribution in [3.05, 3.63) is 51.6 Å². The molecule has 8 heteroatoms. The van der Waals surface area contributed by atoms with Crippen LogP contribution in [0.25, 0.3) is 10.9 Å². The van der Waals surface area contributed by atoms with Crippen molar-refractivity contribution in [3.8, 4) is 11.5 Å². The monoisotopic (exact) mass is 382 g/mol. The zero-order valence-electron chi connectivity index (χ0n) is 15.6. The van der Waals surface area contributed by atoms with Crippen molar-refractivity contribution in [3.63, 3.8) is 0 Å². The smallest absolute Gasteiger partial charge is 0.252 e. The summed E-state index contributed by atoms with van der Waals surface area (Å²) >= 11 is 0. The van der Waals surface area contributed by atoms with Gasteiger partial charge in [-0.1, -0.05) is 6.92 Å². The number of nitrogens with one attached hydrogen (secondary N) is 1. The molecule has 0 saturated heterocycles. The Morgan fingerprint density at radius 3 is 2.86 bits per heavy atom. The SMILES string of the molecule is CC[C@@H](O)c1cc2n(n1)CCN(Cc1cc3cc4c(cc3[nH]c1=O)OCO4)C2. The van der Waals surface area contributed by atoms with Gasteiger partial charge in [0, 0.05) is 36.7 Å². The minimum Gasteiger partial charge on any atom is -0.454 e. The fourth-order valence-corrected chi connectivity index (χ4v) is 3.85. The number of aromatic nitrogens is 3. The number of rotatable bonds is 4. The molecule has 0 spiro atoms. The van der Waals surface area contributed by atoms with Crippen molar-refractivity contribution in [1.29, 1.82) is 0 Å². The van der Waals surface area contributed by atoms with E-state index in [0.717, 1.165) is 35.4 Å². The van der Waals surface area contributed by atoms with Crippen LogP contribution in [0.4, 0.5) is 0 Å². The van der Waals surface area contributed by atoms with Crippen molar-refractivity contribution < 1.29 is 14.6 Å². The largest absolute Gasteiger partial charge is 0.454 e. The number of pyridine rings is 1. The topological polar surface area (TPSA) is 92.6 Å². The van der Waals surface area contributed by atoms with Gasteiger partial charge in [-0.2, -0.15) is 5.10 Å². The zero-order chi connectivity index (χ0) is 19.3. The van der Waals surface area contributed by atoms with Crippen LogP contribution in [0.2, 0.25) is 0 Å². The molecule has 8 nitrogen and oxygen atoms in total. The van der Waals surface area contributed by atoms with E-state index in [9.17, 15) is 9.90 Å². The van der Waals surface area contributed by atoms with E-state index in [1.807, 2.05) is 35.9 Å². The van der Waals surface area contributed by atoms with E-state index in [0.29, 0.717) is 36.6 Å². The lowest BCUT2D eigenvalue weighted by molar-refractivity contribution is 0.166. The van der Waals surface area contributed by atoms with Crippen LogP contribution in [-0.2, 0) is 19.6 Å². The Morgan fingerprint density at radius 1 is 1.21 bits per heavy atom. The van der Waals surface area contributed by atoms with Gasteiger partial charge in [-0.05, 0) is 24.6 Å². The van der Waals surface area contributed by atoms with Crippen LogP contribution in [-0.4, -0.2) is 38.1 Å². The van der Waals surface area contributed by atoms with E-state index in [4.69, 9.17) is 9.47 Å². The van der Waals surface area contributed by atoms with Crippen molar-refractivity contribution in [2.24, 2.45) is 0 Å². The maximum atomic E-state index is 12.6. The highest BCUT2D eigenvalue weighted by Crippen LogP contribution is 2.35. The summed E-state index contributed by atoms with van der Waals surface area (Å²) in [5.74, 6) is 1.36. The van der Waals surface area contributed by atoms with Crippen molar-refractivity contribution in [1.82, 2.24) is 19.7 Å². The summed E-state index contributed by atoms with van der Waals surface area (Å²) in [6.45, 7) is 4.94. The first-order valence-corrected chi connectivity index (χ1v) is 9.53. The number of benzene rings is 1. The molecule has 1 atom stereocenters. The number of H-pyrrole nitrogens is 1. The zero-order valence-corrected chi connectivity index (χ0v) is 15.6. The van der Waals surface area contributed by atoms with E-state index >= 15 is 0 Å². The summed E-state index contributed by atoms with van der Waals surface area (Å²) in [6, 6.07) is 7.60. The number of aliphatic hydroxyl groups excluding tert-OH is 1. The molecule has 5 rings (SSSR count). The highest BCUT2D eigenvalue weighted by atomic mass is 16.7. The molecule has 2 aromatic heterocycles. The van der Waals surface area contributed by atoms with Crippen LogP contribution in [0.1, 0.15) is 36.4 Å². The van der Waals surface area contributed by atoms with Gasteiger partial charge in [0.15, 0.2) is 11.5 Å². The van der Waals surface area contributed by atoms with Gasteiger partial charge in [-0.15, -0.1) is 0 Å². The van der Waals surface area contributed by atoms with E-state index < -0.39 is 6.10 Å². The van der Waals surface area contributed by atoms with E-state index in [1.165, 1.54) is 0 Å². The molecule has 2 N–H and O–H groups in total. The van der Waals surface area contributed by atoms with E-state index in [-0.39, 0.29) is 12.4 Å². The molecule has 0 aliphatic carbocycles. The summed E-state index contributed by atoms with van der Waals surface area (Å²) in [6.07, 6.45) is 0.119. The molecule has 0 fully saturated rings. The number of hydrogen-bond acceptors (Lipinski definition) is 6. The van der Waals surface area contributed by atoms with E-state index in [1.54, 1.807) is 0 Å². The molecule has 0 unspecified atom stereocenters. The molecule has 2 aliphatic rings. The lowest BCUT2D eigenvalue weighted by atomic mass is 10.1. The molecule has 4 heterocycles. The van der Waals surface area contributed by atoms with Crippen LogP contribution in [0.5, 0.6) is 11.5 Å². The third kappa shape index (κ3) is 2.94. The van der Waals surface area contributed by atoms with Gasteiger partial charge in [0.05, 0.1) is 29.6 Å². The third-order valence-electron chi connectivity index (χ3n) is 5.43. The Bertz CT molecular complexity index is 1100. The van der Waals surface area contributed by atoms with Gasteiger partial charge in [0.1, 0.15) is 0 Å². The van der Waals surface area contributed by atoms with Gasteiger partial charge >= 0.3 is 0 Å². The van der Waals surface area contributed by atoms with Crippen molar-refractivity contribution in [2.75, 3.05) is 13.3 Å². The normalized spacial score (nSPS) is 17.1. The summed E-state index contributed by atoms with van der Waals surface area (Å²) < 4.78 is 12.8. The average Bonchev–Trinajstić information content (AvgIpc) is 3.32. The Labute approximate surface area is 161 Å². The van der Waals surface area contributed by atoms with Crippen LogP contribution in [0.15, 0.2) is 29.1 Å². The summed E-state index contributed by atoms with van der Waals surface area (Å²) in [5, 5.41) is 15.5. The molecular formula is C20H22N4O4. The summed E-state index contributed by atoms with van der Waals surface area (Å²) in [4.78, 5) is 17.8. The fraction of sp³-hybridized carbons (Fsp3) is 0.400. The van der Waals surface area contributed by atoms with E-state index in [2.05, 4.69) is 15.0 Å². The third-order valence-corrected chi connectivity index (χ3v) is 5.43. The van der Waals surface area contributed by atoms with Crippen LogP contribution >= 0.6 is 0 Å². The number of ether oxygens (including phenoxy) is 2. The molecule has 1 aromatic carbocycles. The molecule has 0 saturated carbocycles. The first kappa shape index (κ1) is 17.3. The van der Waals surface area contributed by atoms with Crippen LogP contribution in [0, 0.1) is 0 Å². The second kappa shape index (κ2) is 6.65. The van der Waals surface area contributed by atoms with Crippen LogP contribution < -0.4 is 15.0 Å². The Morgan fingerprint density at radius 2 is 2.04 bits per heavy atom. The number of fused-ring (bicyclic) bond motifs is 3. The van der Waals surface area contributed by atoms with Crippen molar-refractivity contribution >= 4 is 10.9 Å². The maximum Gasteiger partial charge on any atom is 0.252 e. The minimum atomic E-state index is -0.525. The highest BCUT2D eigenvalue weighted by molar-refractivity contribution is 5.83. The lowest BCUT2D eigenvalue weighted by Crippen LogP contribution is -2.35. The van der Waals surface area contributed by atoms with Gasteiger partial charge in [0.25, 0.3) is 5.56 Å². The molecule has 0 amide bonds. The van der Waals surface area contributed by atoms with Gasteiger partial charge in [-0.25, -0.2) is 0 Å². The lowest BCUT2D eigenvalue weighted by Gasteiger charge is -2.27. The second-order valence-corrected chi connectivity index (χ2v) is 7.33. The molecule has 28 heavy (non-hydrogen) atoms. The molecule has 0 bridgehead atoms. The predicted octanol–water partition coefficient (Wildman–Crippen LogP) is 1.91. The summed E-state index contributed by atoms with van der Waals surface area (Å²) in [7, 11) is 0. The molecule has 3 aromatic rings. The number of aromatic amines is 1. The fourth-order valence-electron chi connectivity index (χ4n) is 3.85. The first-order valence-electron chi connectivity index (χ1n) is 9.53. The Hall–Kier alpha value is -2.84. The van der Waals surface area contributed by atoms with Crippen LogP contribution in [0.3, 0.4) is 0 Å². The summed E-state index contributed by atoms with van der Waals surface area (Å²) in [5.41, 5.74) is 3.15. The Kier molecular flexibility index (Phi) is 4.10. The number of aliphatic hydroxyl groups is 1. The minimum absolute atomic E-state index is 0.0902. The highest BCUT2D eigenvalue weighted by Gasteiger charge is 2.22. The molecular weight excluding hydrogens is 360 g/mol. The maximum absolute atomic E-state index is 12.6. The number of hydrogen-bond donors (Lipinski definition) is 2. The van der Waals surface area contributed by atoms with Gasteiger partial charge in [-0.3, -0.25) is 14.4 Å². The molecule has 146 valence electrons.